The number of amides is 1. The minimum atomic E-state index is -0.102. The third-order valence-electron chi connectivity index (χ3n) is 6.14. The first-order valence-electron chi connectivity index (χ1n) is 7.58. The van der Waals surface area contributed by atoms with Crippen LogP contribution in [0.2, 0.25) is 0 Å². The van der Waals surface area contributed by atoms with E-state index in [9.17, 15) is 9.90 Å². The molecule has 0 saturated heterocycles. The molecule has 0 aromatic rings. The van der Waals surface area contributed by atoms with Crippen LogP contribution in [0.4, 0.5) is 0 Å². The van der Waals surface area contributed by atoms with Crippen molar-refractivity contribution in [3.63, 3.8) is 0 Å². The molecule has 0 spiro atoms. The van der Waals surface area contributed by atoms with Gasteiger partial charge in [-0.05, 0) is 61.7 Å². The Morgan fingerprint density at radius 3 is 2.33 bits per heavy atom. The number of fused-ring (bicyclic) bond motifs is 5. The van der Waals surface area contributed by atoms with Gasteiger partial charge in [-0.15, -0.1) is 0 Å². The number of aliphatic hydroxyl groups excluding tert-OH is 1. The number of rotatable bonds is 3. The molecule has 0 heterocycles. The van der Waals surface area contributed by atoms with Crippen molar-refractivity contribution in [3.8, 4) is 0 Å². The Kier molecular flexibility index (Phi) is 2.33. The van der Waals surface area contributed by atoms with Crippen LogP contribution in [0.25, 0.3) is 0 Å². The van der Waals surface area contributed by atoms with Crippen LogP contribution in [0.15, 0.2) is 0 Å². The average Bonchev–Trinajstić information content (AvgIpc) is 2.74. The fraction of sp³-hybridized carbons (Fsp3) is 0.933. The molecule has 4 aliphatic rings. The van der Waals surface area contributed by atoms with E-state index in [4.69, 9.17) is 0 Å². The summed E-state index contributed by atoms with van der Waals surface area (Å²) in [5.41, 5.74) is 0. The summed E-state index contributed by atoms with van der Waals surface area (Å²) in [7, 11) is 1.96. The summed E-state index contributed by atoms with van der Waals surface area (Å²) in [6, 6.07) is 0. The van der Waals surface area contributed by atoms with Gasteiger partial charge in [-0.3, -0.25) is 4.79 Å². The highest BCUT2D eigenvalue weighted by molar-refractivity contribution is 5.82. The third kappa shape index (κ3) is 1.49. The van der Waals surface area contributed by atoms with E-state index < -0.39 is 0 Å². The van der Waals surface area contributed by atoms with Crippen molar-refractivity contribution >= 4 is 5.91 Å². The van der Waals surface area contributed by atoms with E-state index in [1.165, 1.54) is 19.3 Å². The lowest BCUT2D eigenvalue weighted by molar-refractivity contribution is -0.134. The fourth-order valence-corrected chi connectivity index (χ4v) is 5.24. The largest absolute Gasteiger partial charge is 0.393 e. The van der Waals surface area contributed by atoms with Gasteiger partial charge in [0.2, 0.25) is 5.91 Å². The van der Waals surface area contributed by atoms with Crippen LogP contribution in [0.5, 0.6) is 0 Å². The van der Waals surface area contributed by atoms with Crippen LogP contribution in [0, 0.1) is 35.5 Å². The van der Waals surface area contributed by atoms with Gasteiger partial charge in [-0.2, -0.15) is 0 Å². The summed E-state index contributed by atoms with van der Waals surface area (Å²) in [6.45, 7) is 0.862. The smallest absolute Gasteiger partial charge is 0.226 e. The summed E-state index contributed by atoms with van der Waals surface area (Å²) >= 11 is 0. The average molecular weight is 249 g/mol. The van der Waals surface area contributed by atoms with Gasteiger partial charge in [0, 0.05) is 19.5 Å². The minimum absolute atomic E-state index is 0.102. The van der Waals surface area contributed by atoms with Crippen LogP contribution >= 0.6 is 0 Å². The molecule has 4 saturated carbocycles. The molecule has 4 atom stereocenters. The molecule has 1 amide bonds. The molecule has 3 heteroatoms. The van der Waals surface area contributed by atoms with Gasteiger partial charge < -0.3 is 10.0 Å². The second-order valence-electron chi connectivity index (χ2n) is 7.22. The number of hydrogen-bond donors (Lipinski definition) is 1. The van der Waals surface area contributed by atoms with E-state index in [0.29, 0.717) is 17.7 Å². The standard InChI is InChI=1S/C15H23NO2/c1-16(7-8-4-11(17)5-8)15(18)14-12-9-2-3-10(6-9)13(12)14/h8-14,17H,2-7H2,1H3. The van der Waals surface area contributed by atoms with E-state index >= 15 is 0 Å². The van der Waals surface area contributed by atoms with Gasteiger partial charge in [-0.1, -0.05) is 0 Å². The van der Waals surface area contributed by atoms with E-state index in [1.54, 1.807) is 0 Å². The SMILES string of the molecule is CN(CC1CC(O)C1)C(=O)C1C2C3CCC(C3)C12. The number of aliphatic hydroxyl groups is 1. The molecule has 4 rings (SSSR count). The quantitative estimate of drug-likeness (QED) is 0.823. The van der Waals surface area contributed by atoms with Gasteiger partial charge in [-0.25, -0.2) is 0 Å². The van der Waals surface area contributed by atoms with Crippen LogP contribution in [-0.2, 0) is 4.79 Å². The lowest BCUT2D eigenvalue weighted by Crippen LogP contribution is -2.40. The first-order chi connectivity index (χ1) is 8.65. The van der Waals surface area contributed by atoms with Gasteiger partial charge in [0.05, 0.1) is 6.10 Å². The van der Waals surface area contributed by atoms with E-state index in [0.717, 1.165) is 43.1 Å². The van der Waals surface area contributed by atoms with Gasteiger partial charge in [0.15, 0.2) is 0 Å². The van der Waals surface area contributed by atoms with Crippen molar-refractivity contribution < 1.29 is 9.90 Å². The van der Waals surface area contributed by atoms with E-state index in [2.05, 4.69) is 0 Å². The third-order valence-corrected chi connectivity index (χ3v) is 6.14. The molecule has 4 fully saturated rings. The highest BCUT2D eigenvalue weighted by Gasteiger charge is 2.67. The maximum Gasteiger partial charge on any atom is 0.226 e. The number of nitrogens with zero attached hydrogens (tertiary/aromatic N) is 1. The molecule has 100 valence electrons. The molecule has 4 aliphatic carbocycles. The van der Waals surface area contributed by atoms with Crippen molar-refractivity contribution in [2.24, 2.45) is 35.5 Å². The molecular weight excluding hydrogens is 226 g/mol. The van der Waals surface area contributed by atoms with Crippen molar-refractivity contribution in [2.75, 3.05) is 13.6 Å². The zero-order valence-electron chi connectivity index (χ0n) is 11.1. The molecule has 0 aliphatic heterocycles. The van der Waals surface area contributed by atoms with Crippen LogP contribution in [0.1, 0.15) is 32.1 Å². The maximum atomic E-state index is 12.5. The first kappa shape index (κ1) is 11.3. The Morgan fingerprint density at radius 1 is 1.17 bits per heavy atom. The second-order valence-corrected chi connectivity index (χ2v) is 7.22. The van der Waals surface area contributed by atoms with Crippen molar-refractivity contribution in [1.29, 1.82) is 0 Å². The zero-order valence-corrected chi connectivity index (χ0v) is 11.1. The molecule has 1 N–H and O–H groups in total. The number of carbonyl (C=O) groups excluding carboxylic acids is 1. The van der Waals surface area contributed by atoms with Gasteiger partial charge in [0.25, 0.3) is 0 Å². The summed E-state index contributed by atoms with van der Waals surface area (Å²) in [4.78, 5) is 14.4. The molecule has 2 bridgehead atoms. The maximum absolute atomic E-state index is 12.5. The van der Waals surface area contributed by atoms with Crippen LogP contribution < -0.4 is 0 Å². The first-order valence-corrected chi connectivity index (χ1v) is 7.58. The van der Waals surface area contributed by atoms with Crippen molar-refractivity contribution in [2.45, 2.75) is 38.2 Å². The predicted molar refractivity (Wildman–Crippen MR) is 67.7 cm³/mol. The highest BCUT2D eigenvalue weighted by atomic mass is 16.3. The highest BCUT2D eigenvalue weighted by Crippen LogP contribution is 2.69. The number of carbonyl (C=O) groups is 1. The molecule has 0 aromatic heterocycles. The Hall–Kier alpha value is -0.570. The Balaban J connectivity index is 1.34. The van der Waals surface area contributed by atoms with Crippen LogP contribution in [0.3, 0.4) is 0 Å². The molecular formula is C15H23NO2. The lowest BCUT2D eigenvalue weighted by atomic mass is 9.82. The van der Waals surface area contributed by atoms with Crippen LogP contribution in [-0.4, -0.2) is 35.6 Å². The molecule has 18 heavy (non-hydrogen) atoms. The van der Waals surface area contributed by atoms with Crippen molar-refractivity contribution in [3.05, 3.63) is 0 Å². The summed E-state index contributed by atoms with van der Waals surface area (Å²) in [6.07, 6.45) is 5.86. The Morgan fingerprint density at radius 2 is 1.78 bits per heavy atom. The van der Waals surface area contributed by atoms with Crippen molar-refractivity contribution in [1.82, 2.24) is 4.90 Å². The Bertz CT molecular complexity index is 361. The fourth-order valence-electron chi connectivity index (χ4n) is 5.24. The number of hydrogen-bond acceptors (Lipinski definition) is 2. The molecule has 3 nitrogen and oxygen atoms in total. The normalized spacial score (nSPS) is 51.8. The van der Waals surface area contributed by atoms with Gasteiger partial charge in [0.1, 0.15) is 0 Å². The van der Waals surface area contributed by atoms with E-state index in [1.807, 2.05) is 11.9 Å². The summed E-state index contributed by atoms with van der Waals surface area (Å²) in [5, 5.41) is 9.30. The summed E-state index contributed by atoms with van der Waals surface area (Å²) < 4.78 is 0. The topological polar surface area (TPSA) is 40.5 Å². The molecule has 4 unspecified atom stereocenters. The second kappa shape index (κ2) is 3.72. The Labute approximate surface area is 109 Å². The lowest BCUT2D eigenvalue weighted by Gasteiger charge is -2.34. The predicted octanol–water partition coefficient (Wildman–Crippen LogP) is 1.51. The van der Waals surface area contributed by atoms with Gasteiger partial charge >= 0.3 is 0 Å². The minimum Gasteiger partial charge on any atom is -0.393 e. The summed E-state index contributed by atoms with van der Waals surface area (Å²) in [5.74, 6) is 4.61. The monoisotopic (exact) mass is 249 g/mol. The molecule has 0 radical (unpaired) electrons. The molecule has 0 aromatic carbocycles. The van der Waals surface area contributed by atoms with E-state index in [-0.39, 0.29) is 6.10 Å². The zero-order chi connectivity index (χ0) is 12.4.